The number of nitrogens with one attached hydrogen (secondary N) is 2. The molecular formula is C12H16N2O4S. The van der Waals surface area contributed by atoms with Crippen molar-refractivity contribution in [2.24, 2.45) is 0 Å². The van der Waals surface area contributed by atoms with E-state index in [0.29, 0.717) is 11.4 Å². The molecule has 1 atom stereocenters. The maximum Gasteiger partial charge on any atom is 0.265 e. The van der Waals surface area contributed by atoms with Gasteiger partial charge in [0, 0.05) is 6.04 Å². The number of carbonyl (C=O) groups is 1. The molecule has 0 saturated heterocycles. The molecule has 1 aliphatic rings. The quantitative estimate of drug-likeness (QED) is 0.870. The molecule has 1 heterocycles. The SMILES string of the molecule is CC(C)NS(=O)(=O)c1ccc2c(c1)NC(=O)C(C)O2. The van der Waals surface area contributed by atoms with Crippen molar-refractivity contribution in [2.75, 3.05) is 5.32 Å². The van der Waals surface area contributed by atoms with E-state index >= 15 is 0 Å². The monoisotopic (exact) mass is 284 g/mol. The summed E-state index contributed by atoms with van der Waals surface area (Å²) in [5.74, 6) is 0.175. The molecule has 1 unspecified atom stereocenters. The van der Waals surface area contributed by atoms with Crippen LogP contribution in [0.1, 0.15) is 20.8 Å². The second-order valence-electron chi connectivity index (χ2n) is 4.68. The zero-order chi connectivity index (χ0) is 14.2. The van der Waals surface area contributed by atoms with Crippen LogP contribution < -0.4 is 14.8 Å². The van der Waals surface area contributed by atoms with Crippen LogP contribution in [0.25, 0.3) is 0 Å². The lowest BCUT2D eigenvalue weighted by Gasteiger charge is -2.23. The van der Waals surface area contributed by atoms with Gasteiger partial charge in [-0.2, -0.15) is 0 Å². The van der Waals surface area contributed by atoms with Gasteiger partial charge in [-0.25, -0.2) is 13.1 Å². The van der Waals surface area contributed by atoms with Crippen LogP contribution in [0.4, 0.5) is 5.69 Å². The third kappa shape index (κ3) is 2.87. The largest absolute Gasteiger partial charge is 0.479 e. The molecule has 0 aromatic heterocycles. The average molecular weight is 284 g/mol. The van der Waals surface area contributed by atoms with E-state index in [9.17, 15) is 13.2 Å². The van der Waals surface area contributed by atoms with Gasteiger partial charge in [-0.1, -0.05) is 0 Å². The van der Waals surface area contributed by atoms with Crippen LogP contribution in [0.15, 0.2) is 23.1 Å². The second-order valence-corrected chi connectivity index (χ2v) is 6.40. The Hall–Kier alpha value is -1.60. The van der Waals surface area contributed by atoms with Crippen molar-refractivity contribution >= 4 is 21.6 Å². The zero-order valence-electron chi connectivity index (χ0n) is 10.9. The van der Waals surface area contributed by atoms with Crippen LogP contribution in [0.2, 0.25) is 0 Å². The van der Waals surface area contributed by atoms with Crippen LogP contribution in [0.3, 0.4) is 0 Å². The summed E-state index contributed by atoms with van der Waals surface area (Å²) in [5.41, 5.74) is 0.370. The second kappa shape index (κ2) is 4.82. The van der Waals surface area contributed by atoms with Gasteiger partial charge in [0.2, 0.25) is 10.0 Å². The number of sulfonamides is 1. The summed E-state index contributed by atoms with van der Waals surface area (Å²) < 4.78 is 31.9. The van der Waals surface area contributed by atoms with Gasteiger partial charge in [0.15, 0.2) is 6.10 Å². The minimum atomic E-state index is -3.58. The lowest BCUT2D eigenvalue weighted by atomic mass is 10.2. The summed E-state index contributed by atoms with van der Waals surface area (Å²) >= 11 is 0. The molecule has 2 rings (SSSR count). The Morgan fingerprint density at radius 3 is 2.68 bits per heavy atom. The fourth-order valence-electron chi connectivity index (χ4n) is 1.73. The number of carbonyl (C=O) groups excluding carboxylic acids is 1. The molecule has 0 aliphatic carbocycles. The zero-order valence-corrected chi connectivity index (χ0v) is 11.7. The standard InChI is InChI=1S/C12H16N2O4S/c1-7(2)14-19(16,17)9-4-5-11-10(6-9)13-12(15)8(3)18-11/h4-8,14H,1-3H3,(H,13,15). The minimum absolute atomic E-state index is 0.0957. The lowest BCUT2D eigenvalue weighted by Crippen LogP contribution is -2.35. The number of anilines is 1. The fourth-order valence-corrected chi connectivity index (χ4v) is 3.01. The van der Waals surface area contributed by atoms with Crippen LogP contribution >= 0.6 is 0 Å². The predicted molar refractivity (Wildman–Crippen MR) is 70.6 cm³/mol. The molecule has 1 aromatic rings. The van der Waals surface area contributed by atoms with Crippen LogP contribution in [-0.2, 0) is 14.8 Å². The lowest BCUT2D eigenvalue weighted by molar-refractivity contribution is -0.122. The average Bonchev–Trinajstić information content (AvgIpc) is 2.28. The molecule has 6 nitrogen and oxygen atoms in total. The van der Waals surface area contributed by atoms with E-state index in [0.717, 1.165) is 0 Å². The van der Waals surface area contributed by atoms with Crippen LogP contribution in [0.5, 0.6) is 5.75 Å². The number of amides is 1. The molecule has 0 saturated carbocycles. The van der Waals surface area contributed by atoms with E-state index in [1.54, 1.807) is 26.8 Å². The molecule has 1 amide bonds. The number of ether oxygens (including phenoxy) is 1. The highest BCUT2D eigenvalue weighted by atomic mass is 32.2. The highest BCUT2D eigenvalue weighted by molar-refractivity contribution is 7.89. The maximum atomic E-state index is 12.0. The number of fused-ring (bicyclic) bond motifs is 1. The third-order valence-electron chi connectivity index (χ3n) is 2.58. The molecule has 0 radical (unpaired) electrons. The highest BCUT2D eigenvalue weighted by Gasteiger charge is 2.25. The first kappa shape index (κ1) is 13.8. The maximum absolute atomic E-state index is 12.0. The van der Waals surface area contributed by atoms with Crippen LogP contribution in [0, 0.1) is 0 Å². The summed E-state index contributed by atoms with van der Waals surface area (Å²) in [5, 5.41) is 2.62. The number of hydrogen-bond acceptors (Lipinski definition) is 4. The molecule has 0 spiro atoms. The van der Waals surface area contributed by atoms with Gasteiger partial charge in [0.05, 0.1) is 10.6 Å². The predicted octanol–water partition coefficient (Wildman–Crippen LogP) is 1.09. The number of benzene rings is 1. The summed E-state index contributed by atoms with van der Waals surface area (Å²) in [7, 11) is -3.58. The van der Waals surface area contributed by atoms with Crippen molar-refractivity contribution < 1.29 is 17.9 Å². The van der Waals surface area contributed by atoms with Gasteiger partial charge in [-0.05, 0) is 39.0 Å². The molecule has 7 heteroatoms. The van der Waals surface area contributed by atoms with Gasteiger partial charge in [-0.15, -0.1) is 0 Å². The van der Waals surface area contributed by atoms with Crippen molar-refractivity contribution in [2.45, 2.75) is 37.8 Å². The molecule has 0 bridgehead atoms. The van der Waals surface area contributed by atoms with Gasteiger partial charge in [0.1, 0.15) is 5.75 Å². The Morgan fingerprint density at radius 2 is 2.05 bits per heavy atom. The Morgan fingerprint density at radius 1 is 1.37 bits per heavy atom. The third-order valence-corrected chi connectivity index (χ3v) is 4.24. The van der Waals surface area contributed by atoms with Crippen LogP contribution in [-0.4, -0.2) is 26.5 Å². The molecule has 1 aliphatic heterocycles. The van der Waals surface area contributed by atoms with Crippen molar-refractivity contribution in [1.29, 1.82) is 0 Å². The van der Waals surface area contributed by atoms with Gasteiger partial charge >= 0.3 is 0 Å². The Balaban J connectivity index is 2.37. The van der Waals surface area contributed by atoms with Crippen molar-refractivity contribution in [3.8, 4) is 5.75 Å². The Labute approximate surface area is 112 Å². The Kier molecular flexibility index (Phi) is 3.51. The van der Waals surface area contributed by atoms with Gasteiger partial charge in [-0.3, -0.25) is 4.79 Å². The molecule has 0 fully saturated rings. The summed E-state index contributed by atoms with van der Waals surface area (Å²) in [6, 6.07) is 4.18. The smallest absolute Gasteiger partial charge is 0.265 e. The van der Waals surface area contributed by atoms with E-state index in [2.05, 4.69) is 10.0 Å². The van der Waals surface area contributed by atoms with Crippen molar-refractivity contribution in [1.82, 2.24) is 4.72 Å². The van der Waals surface area contributed by atoms with Crippen molar-refractivity contribution in [3.05, 3.63) is 18.2 Å². The van der Waals surface area contributed by atoms with E-state index < -0.39 is 16.1 Å². The summed E-state index contributed by atoms with van der Waals surface area (Å²) in [6.07, 6.45) is -0.580. The van der Waals surface area contributed by atoms with Gasteiger partial charge in [0.25, 0.3) is 5.91 Å². The molecule has 19 heavy (non-hydrogen) atoms. The summed E-state index contributed by atoms with van der Waals surface area (Å²) in [4.78, 5) is 11.6. The van der Waals surface area contributed by atoms with E-state index in [1.165, 1.54) is 12.1 Å². The normalized spacial score (nSPS) is 18.7. The first-order chi connectivity index (χ1) is 8.79. The van der Waals surface area contributed by atoms with E-state index in [4.69, 9.17) is 4.74 Å². The number of rotatable bonds is 3. The van der Waals surface area contributed by atoms with Crippen molar-refractivity contribution in [3.63, 3.8) is 0 Å². The Bertz CT molecular complexity index is 610. The minimum Gasteiger partial charge on any atom is -0.479 e. The topological polar surface area (TPSA) is 84.5 Å². The van der Waals surface area contributed by atoms with E-state index in [1.807, 2.05) is 0 Å². The highest BCUT2D eigenvalue weighted by Crippen LogP contribution is 2.31. The molecular weight excluding hydrogens is 268 g/mol. The number of hydrogen-bond donors (Lipinski definition) is 2. The molecule has 104 valence electrons. The first-order valence-electron chi connectivity index (χ1n) is 5.93. The first-order valence-corrected chi connectivity index (χ1v) is 7.42. The molecule has 1 aromatic carbocycles. The molecule has 2 N–H and O–H groups in total. The fraction of sp³-hybridized carbons (Fsp3) is 0.417. The summed E-state index contributed by atoms with van der Waals surface area (Å²) in [6.45, 7) is 5.11. The van der Waals surface area contributed by atoms with Gasteiger partial charge < -0.3 is 10.1 Å². The van der Waals surface area contributed by atoms with E-state index in [-0.39, 0.29) is 16.8 Å².